The number of nitriles is 1. The number of carbonyl (C=O) groups excluding carboxylic acids is 1. The normalized spacial score (nSPS) is 18.8. The highest BCUT2D eigenvalue weighted by molar-refractivity contribution is 5.93. The molecule has 0 bridgehead atoms. The van der Waals surface area contributed by atoms with E-state index in [9.17, 15) is 10.1 Å². The van der Waals surface area contributed by atoms with Gasteiger partial charge >= 0.3 is 6.09 Å². The first-order valence-electron chi connectivity index (χ1n) is 10.4. The van der Waals surface area contributed by atoms with Crippen LogP contribution in [0.5, 0.6) is 0 Å². The summed E-state index contributed by atoms with van der Waals surface area (Å²) in [6.07, 6.45) is 4.01. The summed E-state index contributed by atoms with van der Waals surface area (Å²) >= 11 is 0. The van der Waals surface area contributed by atoms with E-state index in [0.29, 0.717) is 11.5 Å². The van der Waals surface area contributed by atoms with E-state index in [0.717, 1.165) is 35.9 Å². The number of fused-ring (bicyclic) bond motifs is 1. The van der Waals surface area contributed by atoms with Crippen molar-refractivity contribution < 1.29 is 9.53 Å². The minimum Gasteiger partial charge on any atom is -0.444 e. The van der Waals surface area contributed by atoms with Gasteiger partial charge in [0, 0.05) is 35.1 Å². The molecule has 160 valence electrons. The number of alkyl carbamates (subject to hydrolysis) is 1. The van der Waals surface area contributed by atoms with Gasteiger partial charge in [0.1, 0.15) is 29.0 Å². The maximum Gasteiger partial charge on any atom is 0.407 e. The third kappa shape index (κ3) is 5.72. The quantitative estimate of drug-likeness (QED) is 0.678. The molecule has 3 N–H and O–H groups in total. The van der Waals surface area contributed by atoms with Gasteiger partial charge in [0.2, 0.25) is 0 Å². The zero-order valence-electron chi connectivity index (χ0n) is 18.2. The first-order chi connectivity index (χ1) is 14.1. The smallest absolute Gasteiger partial charge is 0.407 e. The van der Waals surface area contributed by atoms with E-state index < -0.39 is 5.60 Å². The molecule has 0 spiro atoms. The largest absolute Gasteiger partial charge is 0.444 e. The Hall–Kier alpha value is -3.08. The fraction of sp³-hybridized carbons (Fsp3) is 0.545. The molecule has 1 aliphatic rings. The van der Waals surface area contributed by atoms with Crippen molar-refractivity contribution in [3.63, 3.8) is 0 Å². The number of hydrogen-bond acceptors (Lipinski definition) is 7. The summed E-state index contributed by atoms with van der Waals surface area (Å²) in [6.45, 7) is 9.63. The summed E-state index contributed by atoms with van der Waals surface area (Å²) in [4.78, 5) is 20.9. The van der Waals surface area contributed by atoms with Gasteiger partial charge in [-0.3, -0.25) is 0 Å². The fourth-order valence-corrected chi connectivity index (χ4v) is 3.59. The molecule has 8 nitrogen and oxygen atoms in total. The maximum atomic E-state index is 12.0. The molecule has 0 aromatic carbocycles. The highest BCUT2D eigenvalue weighted by Crippen LogP contribution is 2.28. The summed E-state index contributed by atoms with van der Waals surface area (Å²) in [7, 11) is 0. The number of carbonyl (C=O) groups is 1. The molecule has 3 rings (SSSR count). The molecule has 0 unspecified atom stereocenters. The molecular weight excluding hydrogens is 380 g/mol. The van der Waals surface area contributed by atoms with E-state index in [1.165, 1.54) is 0 Å². The molecule has 2 aromatic heterocycles. The number of hydrogen-bond donors (Lipinski definition) is 3. The molecule has 1 fully saturated rings. The van der Waals surface area contributed by atoms with Gasteiger partial charge in [0.05, 0.1) is 0 Å². The average molecular weight is 411 g/mol. The van der Waals surface area contributed by atoms with Gasteiger partial charge in [-0.1, -0.05) is 0 Å². The Labute approximate surface area is 177 Å². The van der Waals surface area contributed by atoms with Crippen LogP contribution in [0.3, 0.4) is 0 Å². The van der Waals surface area contributed by atoms with Crippen molar-refractivity contribution in [1.82, 2.24) is 15.3 Å². The molecule has 2 heterocycles. The van der Waals surface area contributed by atoms with Crippen LogP contribution >= 0.6 is 0 Å². The molecule has 1 aliphatic carbocycles. The van der Waals surface area contributed by atoms with E-state index in [4.69, 9.17) is 4.74 Å². The summed E-state index contributed by atoms with van der Waals surface area (Å²) < 4.78 is 5.35. The molecular formula is C22H30N6O2. The lowest BCUT2D eigenvalue weighted by Crippen LogP contribution is -2.38. The molecule has 8 heteroatoms. The number of nitrogens with one attached hydrogen (secondary N) is 3. The van der Waals surface area contributed by atoms with Gasteiger partial charge in [-0.2, -0.15) is 5.26 Å². The number of anilines is 2. The zero-order valence-corrected chi connectivity index (χ0v) is 18.2. The van der Waals surface area contributed by atoms with Crippen LogP contribution in [-0.4, -0.2) is 39.8 Å². The van der Waals surface area contributed by atoms with E-state index in [1.54, 1.807) is 12.3 Å². The monoisotopic (exact) mass is 410 g/mol. The Morgan fingerprint density at radius 3 is 2.67 bits per heavy atom. The molecule has 30 heavy (non-hydrogen) atoms. The SMILES string of the molecule is CC(C)Nc1nc(C#N)cc2cnc(N[C@H]3CC[C@@H](NC(=O)OC(C)(C)C)C3)cc12. The number of aromatic nitrogens is 2. The Morgan fingerprint density at radius 2 is 2.00 bits per heavy atom. The maximum absolute atomic E-state index is 12.0. The third-order valence-corrected chi connectivity index (χ3v) is 4.76. The first kappa shape index (κ1) is 21.6. The van der Waals surface area contributed by atoms with Crippen molar-refractivity contribution in [1.29, 1.82) is 5.26 Å². The Balaban J connectivity index is 1.69. The van der Waals surface area contributed by atoms with Crippen molar-refractivity contribution in [3.05, 3.63) is 24.0 Å². The van der Waals surface area contributed by atoms with Crippen molar-refractivity contribution in [3.8, 4) is 6.07 Å². The highest BCUT2D eigenvalue weighted by Gasteiger charge is 2.28. The molecule has 1 saturated carbocycles. The first-order valence-corrected chi connectivity index (χ1v) is 10.4. The summed E-state index contributed by atoms with van der Waals surface area (Å²) in [5.41, 5.74) is -0.142. The second-order valence-electron chi connectivity index (χ2n) is 9.06. The fourth-order valence-electron chi connectivity index (χ4n) is 3.59. The molecule has 1 amide bonds. The van der Waals surface area contributed by atoms with Crippen LogP contribution in [0.1, 0.15) is 59.6 Å². The average Bonchev–Trinajstić information content (AvgIpc) is 3.06. The summed E-state index contributed by atoms with van der Waals surface area (Å²) in [5.74, 6) is 1.43. The standard InChI is InChI=1S/C22H30N6O2/c1-13(2)25-20-18-10-19(24-12-14(18)8-17(11-23)27-20)26-15-6-7-16(9-15)28-21(29)30-22(3,4)5/h8,10,12-13,15-16H,6-7,9H2,1-5H3,(H,24,26)(H,25,27)(H,28,29)/t15-,16+/m0/s1. The number of rotatable bonds is 5. The number of ether oxygens (including phenoxy) is 1. The van der Waals surface area contributed by atoms with Crippen molar-refractivity contribution in [2.75, 3.05) is 10.6 Å². The second-order valence-corrected chi connectivity index (χ2v) is 9.06. The molecule has 0 saturated heterocycles. The van der Waals surface area contributed by atoms with Gasteiger partial charge < -0.3 is 20.7 Å². The van der Waals surface area contributed by atoms with Gasteiger partial charge in [-0.15, -0.1) is 0 Å². The molecule has 0 aliphatic heterocycles. The lowest BCUT2D eigenvalue weighted by Gasteiger charge is -2.22. The molecule has 2 aromatic rings. The predicted octanol–water partition coefficient (Wildman–Crippen LogP) is 4.18. The van der Waals surface area contributed by atoms with Crippen LogP contribution in [0.25, 0.3) is 10.8 Å². The van der Waals surface area contributed by atoms with Crippen LogP contribution in [0.2, 0.25) is 0 Å². The van der Waals surface area contributed by atoms with Gasteiger partial charge in [0.15, 0.2) is 0 Å². The summed E-state index contributed by atoms with van der Waals surface area (Å²) in [6, 6.07) is 6.29. The Bertz CT molecular complexity index is 960. The second kappa shape index (κ2) is 8.74. The summed E-state index contributed by atoms with van der Waals surface area (Å²) in [5, 5.41) is 20.8. The van der Waals surface area contributed by atoms with Gasteiger partial charge in [-0.25, -0.2) is 14.8 Å². The van der Waals surface area contributed by atoms with Crippen molar-refractivity contribution >= 4 is 28.5 Å². The zero-order chi connectivity index (χ0) is 21.9. The number of nitrogens with zero attached hydrogens (tertiary/aromatic N) is 3. The Morgan fingerprint density at radius 1 is 1.27 bits per heavy atom. The van der Waals surface area contributed by atoms with Gasteiger partial charge in [-0.05, 0) is 66.0 Å². The van der Waals surface area contributed by atoms with Crippen LogP contribution in [0.4, 0.5) is 16.4 Å². The highest BCUT2D eigenvalue weighted by atomic mass is 16.6. The molecule has 0 radical (unpaired) electrons. The lowest BCUT2D eigenvalue weighted by molar-refractivity contribution is 0.0505. The minimum atomic E-state index is -0.503. The van der Waals surface area contributed by atoms with Gasteiger partial charge in [0.25, 0.3) is 0 Å². The van der Waals surface area contributed by atoms with E-state index in [2.05, 4.69) is 32.0 Å². The topological polar surface area (TPSA) is 112 Å². The van der Waals surface area contributed by atoms with E-state index >= 15 is 0 Å². The van der Waals surface area contributed by atoms with Crippen LogP contribution in [-0.2, 0) is 4.74 Å². The Kier molecular flexibility index (Phi) is 6.30. The van der Waals surface area contributed by atoms with E-state index in [1.807, 2.05) is 40.7 Å². The predicted molar refractivity (Wildman–Crippen MR) is 117 cm³/mol. The van der Waals surface area contributed by atoms with Crippen LogP contribution < -0.4 is 16.0 Å². The van der Waals surface area contributed by atoms with E-state index in [-0.39, 0.29) is 24.2 Å². The number of amides is 1. The lowest BCUT2D eigenvalue weighted by atomic mass is 10.1. The van der Waals surface area contributed by atoms with Crippen LogP contribution in [0, 0.1) is 11.3 Å². The third-order valence-electron chi connectivity index (χ3n) is 4.76. The minimum absolute atomic E-state index is 0.0795. The molecule has 2 atom stereocenters. The van der Waals surface area contributed by atoms with Crippen LogP contribution in [0.15, 0.2) is 18.3 Å². The van der Waals surface area contributed by atoms with Crippen molar-refractivity contribution in [2.45, 2.75) is 77.6 Å². The van der Waals surface area contributed by atoms with Crippen molar-refractivity contribution in [2.24, 2.45) is 0 Å². The number of pyridine rings is 2.